The lowest BCUT2D eigenvalue weighted by molar-refractivity contribution is -0.140. The van der Waals surface area contributed by atoms with Crippen LogP contribution in [0.4, 0.5) is 0 Å². The summed E-state index contributed by atoms with van der Waals surface area (Å²) in [5.41, 5.74) is 0. The van der Waals surface area contributed by atoms with E-state index in [0.717, 1.165) is 12.8 Å². The fourth-order valence-electron chi connectivity index (χ4n) is 1.30. The van der Waals surface area contributed by atoms with Crippen molar-refractivity contribution in [1.82, 2.24) is 0 Å². The molecule has 66 valence electrons. The number of rotatable bonds is 3. The summed E-state index contributed by atoms with van der Waals surface area (Å²) in [6.07, 6.45) is 2.16. The molecule has 1 fully saturated rings. The molecule has 1 heterocycles. The van der Waals surface area contributed by atoms with Crippen molar-refractivity contribution >= 4 is 5.97 Å². The van der Waals surface area contributed by atoms with Crippen LogP contribution >= 0.6 is 0 Å². The highest BCUT2D eigenvalue weighted by molar-refractivity contribution is 5.72. The summed E-state index contributed by atoms with van der Waals surface area (Å²) in [6, 6.07) is 1.75. The van der Waals surface area contributed by atoms with Gasteiger partial charge in [-0.25, -0.2) is 0 Å². The van der Waals surface area contributed by atoms with Crippen LogP contribution in [-0.4, -0.2) is 23.8 Å². The normalized spacial score (nSPS) is 24.8. The van der Waals surface area contributed by atoms with E-state index in [2.05, 4.69) is 0 Å². The Morgan fingerprint density at radius 1 is 1.83 bits per heavy atom. The van der Waals surface area contributed by atoms with E-state index in [1.807, 2.05) is 0 Å². The lowest BCUT2D eigenvalue weighted by Gasteiger charge is -2.09. The Morgan fingerprint density at radius 2 is 2.58 bits per heavy atom. The standard InChI is InChI=1S/C8H11NO3/c9-5-6(8(10)11)4-7-2-1-3-12-7/h6-7H,1-4H2,(H,10,11). The van der Waals surface area contributed by atoms with E-state index in [-0.39, 0.29) is 6.10 Å². The molecule has 0 aromatic rings. The largest absolute Gasteiger partial charge is 0.480 e. The molecule has 1 aliphatic rings. The number of carboxylic acids is 1. The Bertz CT molecular complexity index is 203. The molecule has 4 nitrogen and oxygen atoms in total. The summed E-state index contributed by atoms with van der Waals surface area (Å²) in [4.78, 5) is 10.4. The average molecular weight is 169 g/mol. The zero-order valence-electron chi connectivity index (χ0n) is 6.69. The molecule has 0 spiro atoms. The number of ether oxygens (including phenoxy) is 1. The van der Waals surface area contributed by atoms with Gasteiger partial charge in [-0.1, -0.05) is 0 Å². The molecular formula is C8H11NO3. The highest BCUT2D eigenvalue weighted by Gasteiger charge is 2.24. The molecule has 0 saturated carbocycles. The summed E-state index contributed by atoms with van der Waals surface area (Å²) in [5.74, 6) is -1.96. The Kier molecular flexibility index (Phi) is 3.06. The number of hydrogen-bond acceptors (Lipinski definition) is 3. The Labute approximate surface area is 70.7 Å². The van der Waals surface area contributed by atoms with Crippen LogP contribution in [0.5, 0.6) is 0 Å². The smallest absolute Gasteiger partial charge is 0.320 e. The van der Waals surface area contributed by atoms with Crippen molar-refractivity contribution in [1.29, 1.82) is 5.26 Å². The second-order valence-electron chi connectivity index (χ2n) is 2.89. The molecule has 4 heteroatoms. The molecule has 0 aromatic carbocycles. The van der Waals surface area contributed by atoms with E-state index in [0.29, 0.717) is 13.0 Å². The third kappa shape index (κ3) is 2.21. The summed E-state index contributed by atoms with van der Waals surface area (Å²) >= 11 is 0. The molecule has 1 saturated heterocycles. The molecular weight excluding hydrogens is 158 g/mol. The quantitative estimate of drug-likeness (QED) is 0.677. The van der Waals surface area contributed by atoms with Crippen LogP contribution in [0, 0.1) is 17.2 Å². The highest BCUT2D eigenvalue weighted by Crippen LogP contribution is 2.19. The fourth-order valence-corrected chi connectivity index (χ4v) is 1.30. The average Bonchev–Trinajstić information content (AvgIpc) is 2.51. The maximum Gasteiger partial charge on any atom is 0.320 e. The van der Waals surface area contributed by atoms with Crippen molar-refractivity contribution in [3.63, 3.8) is 0 Å². The summed E-state index contributed by atoms with van der Waals surface area (Å²) < 4.78 is 5.22. The van der Waals surface area contributed by atoms with Crippen molar-refractivity contribution in [2.75, 3.05) is 6.61 Å². The van der Waals surface area contributed by atoms with Crippen LogP contribution in [0.15, 0.2) is 0 Å². The summed E-state index contributed by atoms with van der Waals surface area (Å²) in [5, 5.41) is 17.0. The van der Waals surface area contributed by atoms with Crippen molar-refractivity contribution in [3.8, 4) is 6.07 Å². The Hall–Kier alpha value is -1.08. The van der Waals surface area contributed by atoms with Gasteiger partial charge in [-0.3, -0.25) is 4.79 Å². The van der Waals surface area contributed by atoms with E-state index in [9.17, 15) is 4.79 Å². The number of hydrogen-bond donors (Lipinski definition) is 1. The van der Waals surface area contributed by atoms with Crippen LogP contribution in [-0.2, 0) is 9.53 Å². The SMILES string of the molecule is N#CC(CC1CCCO1)C(=O)O. The van der Waals surface area contributed by atoms with Crippen LogP contribution < -0.4 is 0 Å². The number of carboxylic acid groups (broad SMARTS) is 1. The number of aliphatic carboxylic acids is 1. The summed E-state index contributed by atoms with van der Waals surface area (Å²) in [7, 11) is 0. The third-order valence-corrected chi connectivity index (χ3v) is 1.98. The van der Waals surface area contributed by atoms with Gasteiger partial charge in [0.15, 0.2) is 0 Å². The van der Waals surface area contributed by atoms with Gasteiger partial charge in [-0.05, 0) is 12.8 Å². The molecule has 0 aromatic heterocycles. The second kappa shape index (κ2) is 4.07. The van der Waals surface area contributed by atoms with E-state index in [4.69, 9.17) is 15.1 Å². The van der Waals surface area contributed by atoms with Gasteiger partial charge in [0.2, 0.25) is 0 Å². The van der Waals surface area contributed by atoms with Crippen molar-refractivity contribution in [2.24, 2.45) is 5.92 Å². The zero-order valence-corrected chi connectivity index (χ0v) is 6.69. The molecule has 12 heavy (non-hydrogen) atoms. The van der Waals surface area contributed by atoms with Gasteiger partial charge in [-0.2, -0.15) is 5.26 Å². The zero-order chi connectivity index (χ0) is 8.97. The van der Waals surface area contributed by atoms with Crippen LogP contribution in [0.1, 0.15) is 19.3 Å². The number of nitrogens with zero attached hydrogens (tertiary/aromatic N) is 1. The van der Waals surface area contributed by atoms with Gasteiger partial charge < -0.3 is 9.84 Å². The van der Waals surface area contributed by atoms with Gasteiger partial charge >= 0.3 is 5.97 Å². The molecule has 2 unspecified atom stereocenters. The first-order valence-electron chi connectivity index (χ1n) is 3.98. The predicted octanol–water partition coefficient (Wildman–Crippen LogP) is 0.780. The minimum atomic E-state index is -1.05. The molecule has 0 aliphatic carbocycles. The molecule has 0 amide bonds. The summed E-state index contributed by atoms with van der Waals surface area (Å²) in [6.45, 7) is 0.697. The Balaban J connectivity index is 2.37. The first kappa shape index (κ1) is 9.01. The first-order chi connectivity index (χ1) is 5.74. The molecule has 2 atom stereocenters. The molecule has 0 radical (unpaired) electrons. The Morgan fingerprint density at radius 3 is 3.00 bits per heavy atom. The highest BCUT2D eigenvalue weighted by atomic mass is 16.5. The lowest BCUT2D eigenvalue weighted by Crippen LogP contribution is -2.18. The lowest BCUT2D eigenvalue weighted by atomic mass is 10.0. The number of carbonyl (C=O) groups is 1. The van der Waals surface area contributed by atoms with Crippen molar-refractivity contribution in [2.45, 2.75) is 25.4 Å². The molecule has 0 bridgehead atoms. The van der Waals surface area contributed by atoms with Crippen LogP contribution in [0.3, 0.4) is 0 Å². The van der Waals surface area contributed by atoms with Gasteiger partial charge in [0.1, 0.15) is 5.92 Å². The van der Waals surface area contributed by atoms with Gasteiger partial charge in [-0.15, -0.1) is 0 Å². The third-order valence-electron chi connectivity index (χ3n) is 1.98. The topological polar surface area (TPSA) is 70.3 Å². The van der Waals surface area contributed by atoms with E-state index in [1.165, 1.54) is 0 Å². The monoisotopic (exact) mass is 169 g/mol. The van der Waals surface area contributed by atoms with E-state index < -0.39 is 11.9 Å². The fraction of sp³-hybridized carbons (Fsp3) is 0.750. The maximum absolute atomic E-state index is 10.4. The van der Waals surface area contributed by atoms with Crippen molar-refractivity contribution in [3.05, 3.63) is 0 Å². The first-order valence-corrected chi connectivity index (χ1v) is 3.98. The molecule has 1 N–H and O–H groups in total. The van der Waals surface area contributed by atoms with Gasteiger partial charge in [0, 0.05) is 13.0 Å². The van der Waals surface area contributed by atoms with Crippen molar-refractivity contribution < 1.29 is 14.6 Å². The number of nitriles is 1. The maximum atomic E-state index is 10.4. The second-order valence-corrected chi connectivity index (χ2v) is 2.89. The van der Waals surface area contributed by atoms with Crippen LogP contribution in [0.2, 0.25) is 0 Å². The van der Waals surface area contributed by atoms with E-state index >= 15 is 0 Å². The molecule has 1 rings (SSSR count). The van der Waals surface area contributed by atoms with Gasteiger partial charge in [0.05, 0.1) is 12.2 Å². The minimum absolute atomic E-state index is 0.0225. The predicted molar refractivity (Wildman–Crippen MR) is 40.3 cm³/mol. The van der Waals surface area contributed by atoms with Gasteiger partial charge in [0.25, 0.3) is 0 Å². The molecule has 1 aliphatic heterocycles. The van der Waals surface area contributed by atoms with E-state index in [1.54, 1.807) is 6.07 Å². The minimum Gasteiger partial charge on any atom is -0.480 e. The van der Waals surface area contributed by atoms with Crippen LogP contribution in [0.25, 0.3) is 0 Å².